The number of benzene rings is 1. The number of ether oxygens (including phenoxy) is 1. The highest BCUT2D eigenvalue weighted by Crippen LogP contribution is 2.17. The number of hydrogen-bond donors (Lipinski definition) is 0. The van der Waals surface area contributed by atoms with Crippen LogP contribution in [0.5, 0.6) is 0 Å². The van der Waals surface area contributed by atoms with Crippen LogP contribution in [0, 0.1) is 10.1 Å². The molecule has 0 aromatic heterocycles. The highest BCUT2D eigenvalue weighted by molar-refractivity contribution is 6.13. The number of rotatable bonds is 5. The molecule has 0 bridgehead atoms. The molecule has 0 spiro atoms. The molecule has 1 aliphatic heterocycles. The summed E-state index contributed by atoms with van der Waals surface area (Å²) in [6.07, 6.45) is 2.55. The number of nitro benzene ring substituents is 1. The first-order valence-electron chi connectivity index (χ1n) is 6.19. The van der Waals surface area contributed by atoms with Gasteiger partial charge < -0.3 is 4.74 Å². The maximum absolute atomic E-state index is 11.9. The normalized spacial score (nSPS) is 14.1. The maximum Gasteiger partial charge on any atom is 0.269 e. The van der Waals surface area contributed by atoms with Crippen LogP contribution in [0.2, 0.25) is 0 Å². The number of ketones is 2. The molecule has 0 N–H and O–H groups in total. The molecule has 0 unspecified atom stereocenters. The predicted molar refractivity (Wildman–Crippen MR) is 70.3 cm³/mol. The van der Waals surface area contributed by atoms with E-state index < -0.39 is 4.92 Å². The van der Waals surface area contributed by atoms with E-state index >= 15 is 0 Å². The SMILES string of the molecule is O=C(CC(=O)c1ccc([N+](=O)[O-])cc1)C1=COCCC1. The summed E-state index contributed by atoms with van der Waals surface area (Å²) < 4.78 is 5.06. The van der Waals surface area contributed by atoms with Crippen molar-refractivity contribution in [3.05, 3.63) is 51.8 Å². The molecule has 1 heterocycles. The van der Waals surface area contributed by atoms with Crippen molar-refractivity contribution in [3.8, 4) is 0 Å². The van der Waals surface area contributed by atoms with Crippen LogP contribution in [0.1, 0.15) is 29.6 Å². The number of non-ortho nitro benzene ring substituents is 1. The number of hydrogen-bond acceptors (Lipinski definition) is 5. The van der Waals surface area contributed by atoms with Crippen LogP contribution in [0.15, 0.2) is 36.1 Å². The third-order valence-corrected chi connectivity index (χ3v) is 3.01. The third kappa shape index (κ3) is 3.28. The Hall–Kier alpha value is -2.50. The highest BCUT2D eigenvalue weighted by Gasteiger charge is 2.18. The summed E-state index contributed by atoms with van der Waals surface area (Å²) in [6.45, 7) is 0.590. The Morgan fingerprint density at radius 1 is 1.20 bits per heavy atom. The van der Waals surface area contributed by atoms with E-state index in [9.17, 15) is 19.7 Å². The van der Waals surface area contributed by atoms with Gasteiger partial charge in [0.25, 0.3) is 5.69 Å². The van der Waals surface area contributed by atoms with Gasteiger partial charge in [0.2, 0.25) is 0 Å². The Balaban J connectivity index is 2.02. The monoisotopic (exact) mass is 275 g/mol. The first-order valence-corrected chi connectivity index (χ1v) is 6.19. The van der Waals surface area contributed by atoms with Crippen molar-refractivity contribution in [1.82, 2.24) is 0 Å². The minimum Gasteiger partial charge on any atom is -0.501 e. The lowest BCUT2D eigenvalue weighted by atomic mass is 9.99. The van der Waals surface area contributed by atoms with E-state index in [1.807, 2.05) is 0 Å². The lowest BCUT2D eigenvalue weighted by Crippen LogP contribution is -2.13. The van der Waals surface area contributed by atoms with E-state index in [2.05, 4.69) is 0 Å². The first kappa shape index (κ1) is 13.9. The largest absolute Gasteiger partial charge is 0.501 e. The van der Waals surface area contributed by atoms with Gasteiger partial charge in [-0.1, -0.05) is 0 Å². The fourth-order valence-corrected chi connectivity index (χ4v) is 1.90. The van der Waals surface area contributed by atoms with Crippen LogP contribution in [-0.4, -0.2) is 23.1 Å². The molecule has 0 radical (unpaired) electrons. The van der Waals surface area contributed by atoms with Crippen LogP contribution < -0.4 is 0 Å². The van der Waals surface area contributed by atoms with Crippen LogP contribution in [0.3, 0.4) is 0 Å². The highest BCUT2D eigenvalue weighted by atomic mass is 16.6. The van der Waals surface area contributed by atoms with Crippen LogP contribution in [0.25, 0.3) is 0 Å². The zero-order valence-corrected chi connectivity index (χ0v) is 10.7. The Labute approximate surface area is 115 Å². The molecule has 0 amide bonds. The summed E-state index contributed by atoms with van der Waals surface area (Å²) in [6, 6.07) is 5.22. The smallest absolute Gasteiger partial charge is 0.269 e. The fourth-order valence-electron chi connectivity index (χ4n) is 1.90. The number of Topliss-reactive ketones (excluding diaryl/α,β-unsaturated/α-hetero) is 2. The van der Waals surface area contributed by atoms with E-state index in [0.717, 1.165) is 6.42 Å². The standard InChI is InChI=1S/C14H13NO5/c16-13(8-14(17)11-2-1-7-20-9-11)10-3-5-12(6-4-10)15(18)19/h3-6,9H,1-2,7-8H2. The molecule has 2 rings (SSSR count). The van der Waals surface area contributed by atoms with Crippen molar-refractivity contribution in [3.63, 3.8) is 0 Å². The molecule has 0 saturated heterocycles. The van der Waals surface area contributed by atoms with Crippen molar-refractivity contribution in [2.45, 2.75) is 19.3 Å². The van der Waals surface area contributed by atoms with Crippen molar-refractivity contribution in [2.75, 3.05) is 6.61 Å². The van der Waals surface area contributed by atoms with Crippen molar-refractivity contribution >= 4 is 17.3 Å². The molecule has 0 saturated carbocycles. The molecule has 0 aliphatic carbocycles. The molecular formula is C14H13NO5. The lowest BCUT2D eigenvalue weighted by molar-refractivity contribution is -0.384. The average molecular weight is 275 g/mol. The summed E-state index contributed by atoms with van der Waals surface area (Å²) in [4.78, 5) is 33.8. The minimum absolute atomic E-state index is 0.0868. The van der Waals surface area contributed by atoms with Gasteiger partial charge in [-0.15, -0.1) is 0 Å². The van der Waals surface area contributed by atoms with Gasteiger partial charge in [0.15, 0.2) is 11.6 Å². The van der Waals surface area contributed by atoms with Gasteiger partial charge >= 0.3 is 0 Å². The molecule has 6 heteroatoms. The second kappa shape index (κ2) is 6.10. The molecule has 20 heavy (non-hydrogen) atoms. The molecule has 0 fully saturated rings. The summed E-state index contributed by atoms with van der Waals surface area (Å²) >= 11 is 0. The van der Waals surface area contributed by atoms with Crippen molar-refractivity contribution < 1.29 is 19.2 Å². The number of carbonyl (C=O) groups excluding carboxylic acids is 2. The van der Waals surface area contributed by atoms with Crippen molar-refractivity contribution in [2.24, 2.45) is 0 Å². The number of nitro groups is 1. The first-order chi connectivity index (χ1) is 9.58. The van der Waals surface area contributed by atoms with E-state index in [1.54, 1.807) is 0 Å². The van der Waals surface area contributed by atoms with E-state index in [1.165, 1.54) is 30.5 Å². The molecule has 1 aromatic carbocycles. The van der Waals surface area contributed by atoms with Gasteiger partial charge in [-0.25, -0.2) is 0 Å². The number of carbonyl (C=O) groups is 2. The van der Waals surface area contributed by atoms with Crippen molar-refractivity contribution in [1.29, 1.82) is 0 Å². The topological polar surface area (TPSA) is 86.5 Å². The molecule has 6 nitrogen and oxygen atoms in total. The fraction of sp³-hybridized carbons (Fsp3) is 0.286. The lowest BCUT2D eigenvalue weighted by Gasteiger charge is -2.12. The van der Waals surface area contributed by atoms with Gasteiger partial charge in [0.05, 0.1) is 24.2 Å². The maximum atomic E-state index is 11.9. The quantitative estimate of drug-likeness (QED) is 0.356. The van der Waals surface area contributed by atoms with Gasteiger partial charge in [-0.2, -0.15) is 0 Å². The number of nitrogens with zero attached hydrogens (tertiary/aromatic N) is 1. The van der Waals surface area contributed by atoms with E-state index in [4.69, 9.17) is 4.74 Å². The number of allylic oxidation sites excluding steroid dienone is 1. The third-order valence-electron chi connectivity index (χ3n) is 3.01. The molecule has 1 aliphatic rings. The van der Waals surface area contributed by atoms with E-state index in [-0.39, 0.29) is 23.7 Å². The minimum atomic E-state index is -0.538. The van der Waals surface area contributed by atoms with Crippen LogP contribution in [0.4, 0.5) is 5.69 Å². The summed E-state index contributed by atoms with van der Waals surface area (Å²) in [5.41, 5.74) is 0.726. The Bertz CT molecular complexity index is 574. The molecular weight excluding hydrogens is 262 g/mol. The molecule has 1 aromatic rings. The average Bonchev–Trinajstić information content (AvgIpc) is 2.48. The summed E-state index contributed by atoms with van der Waals surface area (Å²) in [5.74, 6) is -0.607. The summed E-state index contributed by atoms with van der Waals surface area (Å²) in [7, 11) is 0. The van der Waals surface area contributed by atoms with Gasteiger partial charge in [0.1, 0.15) is 0 Å². The zero-order chi connectivity index (χ0) is 14.5. The zero-order valence-electron chi connectivity index (χ0n) is 10.7. The Morgan fingerprint density at radius 3 is 2.45 bits per heavy atom. The van der Waals surface area contributed by atoms with Crippen LogP contribution in [-0.2, 0) is 9.53 Å². The van der Waals surface area contributed by atoms with E-state index in [0.29, 0.717) is 24.2 Å². The Morgan fingerprint density at radius 2 is 1.90 bits per heavy atom. The molecule has 104 valence electrons. The predicted octanol–water partition coefficient (Wildman–Crippen LogP) is 2.43. The van der Waals surface area contributed by atoms with Gasteiger partial charge in [-0.05, 0) is 25.0 Å². The second-order valence-electron chi connectivity index (χ2n) is 4.44. The van der Waals surface area contributed by atoms with Gasteiger partial charge in [-0.3, -0.25) is 19.7 Å². The van der Waals surface area contributed by atoms with Crippen LogP contribution >= 0.6 is 0 Å². The molecule has 0 atom stereocenters. The Kier molecular flexibility index (Phi) is 4.24. The van der Waals surface area contributed by atoms with Gasteiger partial charge in [0, 0.05) is 23.3 Å². The second-order valence-corrected chi connectivity index (χ2v) is 4.44. The summed E-state index contributed by atoms with van der Waals surface area (Å²) in [5, 5.41) is 10.5.